The molecule has 4 atom stereocenters. The molecular weight excluding hydrogens is 463 g/mol. The van der Waals surface area contributed by atoms with Crippen molar-refractivity contribution in [2.45, 2.75) is 20.0 Å². The van der Waals surface area contributed by atoms with E-state index in [0.29, 0.717) is 40.3 Å². The summed E-state index contributed by atoms with van der Waals surface area (Å²) >= 11 is 12.4. The molecule has 1 heterocycles. The number of amides is 2. The lowest BCUT2D eigenvalue weighted by Gasteiger charge is -2.15. The van der Waals surface area contributed by atoms with E-state index in [9.17, 15) is 9.59 Å². The Bertz CT molecular complexity index is 1130. The number of allylic oxidation sites excluding steroid dienone is 2. The van der Waals surface area contributed by atoms with Gasteiger partial charge in [-0.25, -0.2) is 0 Å². The SMILES string of the molecule is CCOc1cc(/C=N\N2C(=O)[C@H]3[C@H](C2=O)[C@H]2C=C[C@H]3C2)cc(Cl)c1OCc1ccc(Cl)cc1. The average Bonchev–Trinajstić information content (AvgIpc) is 3.47. The highest BCUT2D eigenvalue weighted by molar-refractivity contribution is 6.32. The minimum Gasteiger partial charge on any atom is -0.490 e. The van der Waals surface area contributed by atoms with E-state index in [4.69, 9.17) is 32.7 Å². The summed E-state index contributed by atoms with van der Waals surface area (Å²) in [6.45, 7) is 2.57. The summed E-state index contributed by atoms with van der Waals surface area (Å²) in [5.74, 6) is 0.149. The molecule has 2 amide bonds. The Balaban J connectivity index is 1.34. The third kappa shape index (κ3) is 4.02. The molecule has 0 unspecified atom stereocenters. The van der Waals surface area contributed by atoms with Crippen LogP contribution in [0.3, 0.4) is 0 Å². The number of nitrogens with zero attached hydrogens (tertiary/aromatic N) is 2. The summed E-state index contributed by atoms with van der Waals surface area (Å²) in [5.41, 5.74) is 1.53. The number of ether oxygens (including phenoxy) is 2. The molecule has 1 aliphatic heterocycles. The Morgan fingerprint density at radius 3 is 2.33 bits per heavy atom. The van der Waals surface area contributed by atoms with Gasteiger partial charge in [-0.1, -0.05) is 47.5 Å². The Kier molecular flexibility index (Phi) is 5.89. The number of hydrogen-bond donors (Lipinski definition) is 0. The zero-order valence-corrected chi connectivity index (χ0v) is 19.4. The minimum absolute atomic E-state index is 0.146. The number of imide groups is 1. The van der Waals surface area contributed by atoms with Crippen molar-refractivity contribution < 1.29 is 19.1 Å². The van der Waals surface area contributed by atoms with Crippen LogP contribution >= 0.6 is 23.2 Å². The number of rotatable bonds is 7. The van der Waals surface area contributed by atoms with Gasteiger partial charge in [0, 0.05) is 5.02 Å². The standard InChI is InChI=1S/C25H22Cl2N2O4/c1-2-32-20-10-15(9-19(27)23(20)33-13-14-3-7-18(26)8-4-14)12-28-29-24(30)21-16-5-6-17(11-16)22(21)25(29)31/h3-10,12,16-17,21-22H,2,11,13H2,1H3/b28-12-/t16-,17-,21+,22+/m0/s1. The quantitative estimate of drug-likeness (QED) is 0.311. The lowest BCUT2D eigenvalue weighted by atomic mass is 9.85. The second kappa shape index (κ2) is 8.84. The van der Waals surface area contributed by atoms with Crippen molar-refractivity contribution in [3.05, 3.63) is 69.7 Å². The van der Waals surface area contributed by atoms with Crippen molar-refractivity contribution in [2.75, 3.05) is 6.61 Å². The predicted octanol–water partition coefficient (Wildman–Crippen LogP) is 5.11. The number of carbonyl (C=O) groups excluding carboxylic acids is 2. The molecule has 2 aromatic carbocycles. The van der Waals surface area contributed by atoms with Crippen molar-refractivity contribution in [1.29, 1.82) is 0 Å². The highest BCUT2D eigenvalue weighted by Crippen LogP contribution is 2.52. The van der Waals surface area contributed by atoms with Gasteiger partial charge >= 0.3 is 0 Å². The maximum atomic E-state index is 12.8. The summed E-state index contributed by atoms with van der Waals surface area (Å²) in [6, 6.07) is 10.7. The van der Waals surface area contributed by atoms with Gasteiger partial charge in [0.15, 0.2) is 11.5 Å². The van der Waals surface area contributed by atoms with Crippen molar-refractivity contribution in [1.82, 2.24) is 5.01 Å². The number of fused-ring (bicyclic) bond motifs is 5. The van der Waals surface area contributed by atoms with Crippen LogP contribution in [0.5, 0.6) is 11.5 Å². The highest BCUT2D eigenvalue weighted by Gasteiger charge is 2.59. The van der Waals surface area contributed by atoms with Gasteiger partial charge in [0.1, 0.15) is 6.61 Å². The number of halogens is 2. The van der Waals surface area contributed by atoms with E-state index in [-0.39, 0.29) is 35.5 Å². The Morgan fingerprint density at radius 1 is 1.03 bits per heavy atom. The van der Waals surface area contributed by atoms with Gasteiger partial charge in [0.25, 0.3) is 11.8 Å². The van der Waals surface area contributed by atoms with Gasteiger partial charge in [-0.05, 0) is 60.6 Å². The molecule has 0 radical (unpaired) electrons. The summed E-state index contributed by atoms with van der Waals surface area (Å²) in [7, 11) is 0. The van der Waals surface area contributed by atoms with E-state index in [1.807, 2.05) is 19.1 Å². The lowest BCUT2D eigenvalue weighted by molar-refractivity contribution is -0.140. The molecule has 2 fully saturated rings. The smallest absolute Gasteiger partial charge is 0.254 e. The zero-order chi connectivity index (χ0) is 23.1. The molecule has 1 saturated heterocycles. The molecule has 2 aliphatic carbocycles. The molecule has 0 spiro atoms. The Morgan fingerprint density at radius 2 is 1.70 bits per heavy atom. The molecule has 0 N–H and O–H groups in total. The fourth-order valence-electron chi connectivity index (χ4n) is 4.93. The first-order valence-corrected chi connectivity index (χ1v) is 11.7. The Labute approximate surface area is 201 Å². The topological polar surface area (TPSA) is 68.2 Å². The van der Waals surface area contributed by atoms with E-state index in [1.165, 1.54) is 6.21 Å². The summed E-state index contributed by atoms with van der Waals surface area (Å²) in [4.78, 5) is 25.6. The number of hydrazone groups is 1. The monoisotopic (exact) mass is 484 g/mol. The minimum atomic E-state index is -0.282. The first-order chi connectivity index (χ1) is 16.0. The van der Waals surface area contributed by atoms with Crippen LogP contribution in [0.25, 0.3) is 0 Å². The largest absolute Gasteiger partial charge is 0.490 e. The molecule has 170 valence electrons. The first-order valence-electron chi connectivity index (χ1n) is 10.9. The van der Waals surface area contributed by atoms with Crippen LogP contribution in [0, 0.1) is 23.7 Å². The van der Waals surface area contributed by atoms with Crippen LogP contribution in [0.2, 0.25) is 10.0 Å². The van der Waals surface area contributed by atoms with Crippen LogP contribution in [-0.2, 0) is 16.2 Å². The van der Waals surface area contributed by atoms with Crippen molar-refractivity contribution in [2.24, 2.45) is 28.8 Å². The van der Waals surface area contributed by atoms with Crippen LogP contribution in [-0.4, -0.2) is 29.6 Å². The Hall–Kier alpha value is -2.83. The van der Waals surface area contributed by atoms with Gasteiger partial charge in [-0.3, -0.25) is 9.59 Å². The van der Waals surface area contributed by atoms with E-state index >= 15 is 0 Å². The average molecular weight is 485 g/mol. The van der Waals surface area contributed by atoms with Crippen LogP contribution in [0.4, 0.5) is 0 Å². The summed E-state index contributed by atoms with van der Waals surface area (Å²) in [6.07, 6.45) is 6.46. The molecular formula is C25H22Cl2N2O4. The van der Waals surface area contributed by atoms with Crippen molar-refractivity contribution >= 4 is 41.2 Å². The molecule has 0 aromatic heterocycles. The summed E-state index contributed by atoms with van der Waals surface area (Å²) < 4.78 is 11.7. The second-order valence-corrected chi connectivity index (χ2v) is 9.25. The van der Waals surface area contributed by atoms with E-state index in [1.54, 1.807) is 24.3 Å². The molecule has 1 saturated carbocycles. The molecule has 8 heteroatoms. The second-order valence-electron chi connectivity index (χ2n) is 8.41. The molecule has 33 heavy (non-hydrogen) atoms. The van der Waals surface area contributed by atoms with Crippen molar-refractivity contribution in [3.63, 3.8) is 0 Å². The van der Waals surface area contributed by atoms with Gasteiger partial charge in [0.2, 0.25) is 0 Å². The molecule has 3 aliphatic rings. The number of hydrogen-bond acceptors (Lipinski definition) is 5. The van der Waals surface area contributed by atoms with Crippen LogP contribution in [0.1, 0.15) is 24.5 Å². The molecule has 5 rings (SSSR count). The summed E-state index contributed by atoms with van der Waals surface area (Å²) in [5, 5.41) is 6.23. The predicted molar refractivity (Wildman–Crippen MR) is 126 cm³/mol. The van der Waals surface area contributed by atoms with Gasteiger partial charge in [0.05, 0.1) is 29.7 Å². The van der Waals surface area contributed by atoms with Crippen LogP contribution < -0.4 is 9.47 Å². The molecule has 6 nitrogen and oxygen atoms in total. The van der Waals surface area contributed by atoms with Gasteiger partial charge < -0.3 is 9.47 Å². The van der Waals surface area contributed by atoms with Crippen LogP contribution in [0.15, 0.2) is 53.7 Å². The van der Waals surface area contributed by atoms with E-state index in [2.05, 4.69) is 17.3 Å². The third-order valence-electron chi connectivity index (χ3n) is 6.40. The van der Waals surface area contributed by atoms with Gasteiger partial charge in [-0.2, -0.15) is 10.1 Å². The highest BCUT2D eigenvalue weighted by atomic mass is 35.5. The van der Waals surface area contributed by atoms with E-state index in [0.717, 1.165) is 17.0 Å². The van der Waals surface area contributed by atoms with Gasteiger partial charge in [-0.15, -0.1) is 0 Å². The fraction of sp³-hybridized carbons (Fsp3) is 0.320. The lowest BCUT2D eigenvalue weighted by Crippen LogP contribution is -2.28. The maximum Gasteiger partial charge on any atom is 0.254 e. The third-order valence-corrected chi connectivity index (χ3v) is 6.93. The van der Waals surface area contributed by atoms with Crippen molar-refractivity contribution in [3.8, 4) is 11.5 Å². The fourth-order valence-corrected chi connectivity index (χ4v) is 5.33. The maximum absolute atomic E-state index is 12.8. The van der Waals surface area contributed by atoms with E-state index < -0.39 is 0 Å². The first kappa shape index (κ1) is 22.0. The molecule has 2 bridgehead atoms. The molecule has 2 aromatic rings. The normalized spacial score (nSPS) is 25.4. The number of carbonyl (C=O) groups is 2. The zero-order valence-electron chi connectivity index (χ0n) is 17.9. The number of benzene rings is 2.